The average molecular weight is 376 g/mol. The van der Waals surface area contributed by atoms with Crippen molar-refractivity contribution in [3.63, 3.8) is 0 Å². The molecule has 0 saturated carbocycles. The normalized spacial score (nSPS) is 19.1. The molecule has 0 radical (unpaired) electrons. The monoisotopic (exact) mass is 376 g/mol. The molecule has 1 aromatic rings. The lowest BCUT2D eigenvalue weighted by Crippen LogP contribution is -2.43. The van der Waals surface area contributed by atoms with Crippen LogP contribution in [0.15, 0.2) is 18.2 Å². The zero-order valence-electron chi connectivity index (χ0n) is 15.3. The van der Waals surface area contributed by atoms with Crippen molar-refractivity contribution < 1.29 is 29.0 Å². The summed E-state index contributed by atoms with van der Waals surface area (Å²) in [5.41, 5.74) is 0.472. The van der Waals surface area contributed by atoms with E-state index in [0.29, 0.717) is 62.6 Å². The van der Waals surface area contributed by atoms with E-state index in [4.69, 9.17) is 14.6 Å². The highest BCUT2D eigenvalue weighted by Gasteiger charge is 2.29. The van der Waals surface area contributed by atoms with Gasteiger partial charge < -0.3 is 24.4 Å². The number of carbonyl (C=O) groups excluding carboxylic acids is 2. The molecule has 1 N–H and O–H groups in total. The van der Waals surface area contributed by atoms with Gasteiger partial charge in [0.15, 0.2) is 11.5 Å². The smallest absolute Gasteiger partial charge is 0.323 e. The summed E-state index contributed by atoms with van der Waals surface area (Å²) in [5, 5.41) is 9.05. The number of para-hydroxylation sites is 1. The molecule has 8 heteroatoms. The van der Waals surface area contributed by atoms with Gasteiger partial charge in [0, 0.05) is 26.1 Å². The van der Waals surface area contributed by atoms with E-state index >= 15 is 0 Å². The minimum Gasteiger partial charge on any atom is -0.486 e. The van der Waals surface area contributed by atoms with Crippen molar-refractivity contribution in [1.82, 2.24) is 9.80 Å². The Bertz CT molecular complexity index is 735. The predicted molar refractivity (Wildman–Crippen MR) is 96.0 cm³/mol. The zero-order chi connectivity index (χ0) is 19.4. The van der Waals surface area contributed by atoms with Gasteiger partial charge in [0.2, 0.25) is 5.91 Å². The molecule has 8 nitrogen and oxygen atoms in total. The lowest BCUT2D eigenvalue weighted by Gasteiger charge is -2.29. The standard InChI is InChI=1S/C19H24N2O6/c1-13(22)21(12-17(23)24)14-4-3-8-20(9-7-14)19(25)15-5-2-6-16-18(15)27-11-10-26-16/h2,5-6,14H,3-4,7-12H2,1H3,(H,23,24). The van der Waals surface area contributed by atoms with Crippen molar-refractivity contribution in [3.8, 4) is 11.5 Å². The number of hydrogen-bond donors (Lipinski definition) is 1. The van der Waals surface area contributed by atoms with E-state index in [1.807, 2.05) is 0 Å². The van der Waals surface area contributed by atoms with Gasteiger partial charge in [0.05, 0.1) is 5.56 Å². The van der Waals surface area contributed by atoms with E-state index in [9.17, 15) is 14.4 Å². The number of amides is 2. The molecule has 27 heavy (non-hydrogen) atoms. The van der Waals surface area contributed by atoms with Crippen molar-refractivity contribution in [2.24, 2.45) is 0 Å². The number of carboxylic acids is 1. The minimum absolute atomic E-state index is 0.134. The number of ether oxygens (including phenoxy) is 2. The fraction of sp³-hybridized carbons (Fsp3) is 0.526. The lowest BCUT2D eigenvalue weighted by molar-refractivity contribution is -0.145. The summed E-state index contributed by atoms with van der Waals surface area (Å²) in [6.07, 6.45) is 1.92. The number of aliphatic carboxylic acids is 1. The number of hydrogen-bond acceptors (Lipinski definition) is 5. The van der Waals surface area contributed by atoms with Crippen molar-refractivity contribution >= 4 is 17.8 Å². The third-order valence-corrected chi connectivity index (χ3v) is 4.93. The van der Waals surface area contributed by atoms with Crippen molar-refractivity contribution in [2.45, 2.75) is 32.2 Å². The molecule has 2 heterocycles. The Morgan fingerprint density at radius 1 is 1.19 bits per heavy atom. The van der Waals surface area contributed by atoms with E-state index in [1.54, 1.807) is 23.1 Å². The minimum atomic E-state index is -1.03. The second-order valence-electron chi connectivity index (χ2n) is 6.75. The maximum absolute atomic E-state index is 13.0. The van der Waals surface area contributed by atoms with Crippen LogP contribution < -0.4 is 9.47 Å². The molecule has 1 fully saturated rings. The number of carbonyl (C=O) groups is 3. The maximum Gasteiger partial charge on any atom is 0.323 e. The molecule has 2 amide bonds. The summed E-state index contributed by atoms with van der Waals surface area (Å²) in [6, 6.07) is 5.09. The summed E-state index contributed by atoms with van der Waals surface area (Å²) in [5.74, 6) is -0.374. The molecular weight excluding hydrogens is 352 g/mol. The maximum atomic E-state index is 13.0. The molecule has 0 bridgehead atoms. The number of fused-ring (bicyclic) bond motifs is 1. The van der Waals surface area contributed by atoms with Crippen molar-refractivity contribution in [1.29, 1.82) is 0 Å². The molecule has 146 valence electrons. The van der Waals surface area contributed by atoms with Crippen LogP contribution >= 0.6 is 0 Å². The first-order valence-corrected chi connectivity index (χ1v) is 9.14. The fourth-order valence-corrected chi connectivity index (χ4v) is 3.65. The molecule has 1 saturated heterocycles. The highest BCUT2D eigenvalue weighted by Crippen LogP contribution is 2.34. The van der Waals surface area contributed by atoms with Crippen LogP contribution in [0.2, 0.25) is 0 Å². The summed E-state index contributed by atoms with van der Waals surface area (Å²) in [6.45, 7) is 2.94. The molecule has 3 rings (SSSR count). The van der Waals surface area contributed by atoms with Crippen LogP contribution in [-0.4, -0.2) is 71.6 Å². The third kappa shape index (κ3) is 4.32. The van der Waals surface area contributed by atoms with Gasteiger partial charge in [-0.15, -0.1) is 0 Å². The van der Waals surface area contributed by atoms with Crippen LogP contribution in [0.3, 0.4) is 0 Å². The summed E-state index contributed by atoms with van der Waals surface area (Å²) >= 11 is 0. The zero-order valence-corrected chi connectivity index (χ0v) is 15.3. The summed E-state index contributed by atoms with van der Waals surface area (Å²) in [4.78, 5) is 39.1. The Balaban J connectivity index is 1.72. The SMILES string of the molecule is CC(=O)N(CC(=O)O)C1CCCN(C(=O)c2cccc3c2OCCO3)CC1. The van der Waals surface area contributed by atoms with Crippen LogP contribution in [0.25, 0.3) is 0 Å². The van der Waals surface area contributed by atoms with E-state index in [2.05, 4.69) is 0 Å². The molecule has 0 spiro atoms. The molecule has 0 aliphatic carbocycles. The van der Waals surface area contributed by atoms with Gasteiger partial charge in [-0.05, 0) is 31.4 Å². The van der Waals surface area contributed by atoms with Gasteiger partial charge in [-0.25, -0.2) is 0 Å². The Kier molecular flexibility index (Phi) is 5.83. The molecule has 2 aliphatic rings. The molecule has 0 aromatic heterocycles. The first kappa shape index (κ1) is 19.0. The van der Waals surface area contributed by atoms with Gasteiger partial charge in [0.25, 0.3) is 5.91 Å². The first-order valence-electron chi connectivity index (χ1n) is 9.14. The predicted octanol–water partition coefficient (Wildman–Crippen LogP) is 1.39. The fourth-order valence-electron chi connectivity index (χ4n) is 3.65. The highest BCUT2D eigenvalue weighted by atomic mass is 16.6. The number of benzene rings is 1. The number of carboxylic acid groups (broad SMARTS) is 1. The van der Waals surface area contributed by atoms with Gasteiger partial charge in [-0.1, -0.05) is 6.07 Å². The highest BCUT2D eigenvalue weighted by molar-refractivity contribution is 5.98. The van der Waals surface area contributed by atoms with E-state index in [-0.39, 0.29) is 24.4 Å². The van der Waals surface area contributed by atoms with Crippen LogP contribution in [0, 0.1) is 0 Å². The molecule has 2 aliphatic heterocycles. The second kappa shape index (κ2) is 8.28. The van der Waals surface area contributed by atoms with Crippen molar-refractivity contribution in [3.05, 3.63) is 23.8 Å². The largest absolute Gasteiger partial charge is 0.486 e. The van der Waals surface area contributed by atoms with E-state index < -0.39 is 5.97 Å². The summed E-state index contributed by atoms with van der Waals surface area (Å²) < 4.78 is 11.2. The number of rotatable bonds is 4. The van der Waals surface area contributed by atoms with E-state index in [1.165, 1.54) is 11.8 Å². The number of likely N-dealkylation sites (tertiary alicyclic amines) is 1. The Hall–Kier alpha value is -2.77. The van der Waals surface area contributed by atoms with Gasteiger partial charge >= 0.3 is 5.97 Å². The average Bonchev–Trinajstić information content (AvgIpc) is 2.91. The number of nitrogens with zero attached hydrogens (tertiary/aromatic N) is 2. The quantitative estimate of drug-likeness (QED) is 0.853. The van der Waals surface area contributed by atoms with Crippen LogP contribution in [0.4, 0.5) is 0 Å². The summed E-state index contributed by atoms with van der Waals surface area (Å²) in [7, 11) is 0. The molecule has 1 aromatic carbocycles. The van der Waals surface area contributed by atoms with Gasteiger partial charge in [-0.3, -0.25) is 14.4 Å². The second-order valence-corrected chi connectivity index (χ2v) is 6.75. The topological polar surface area (TPSA) is 96.4 Å². The van der Waals surface area contributed by atoms with Gasteiger partial charge in [-0.2, -0.15) is 0 Å². The first-order chi connectivity index (χ1) is 13.0. The van der Waals surface area contributed by atoms with Crippen LogP contribution in [-0.2, 0) is 9.59 Å². The Morgan fingerprint density at radius 3 is 2.70 bits per heavy atom. The molecule has 1 atom stereocenters. The van der Waals surface area contributed by atoms with Gasteiger partial charge in [0.1, 0.15) is 19.8 Å². The van der Waals surface area contributed by atoms with Crippen molar-refractivity contribution in [2.75, 3.05) is 32.8 Å². The molecular formula is C19H24N2O6. The van der Waals surface area contributed by atoms with Crippen LogP contribution in [0.5, 0.6) is 11.5 Å². The Labute approximate surface area is 157 Å². The third-order valence-electron chi connectivity index (χ3n) is 4.93. The molecule has 1 unspecified atom stereocenters. The van der Waals surface area contributed by atoms with Crippen LogP contribution in [0.1, 0.15) is 36.5 Å². The lowest BCUT2D eigenvalue weighted by atomic mass is 10.1. The van der Waals surface area contributed by atoms with E-state index in [0.717, 1.165) is 0 Å². The Morgan fingerprint density at radius 2 is 1.96 bits per heavy atom.